The Bertz CT molecular complexity index is 1400. The molecule has 9 heteroatoms. The summed E-state index contributed by atoms with van der Waals surface area (Å²) in [6.45, 7) is 6.71. The van der Waals surface area contributed by atoms with Crippen molar-refractivity contribution in [2.75, 3.05) is 18.9 Å². The number of amides is 4. The van der Waals surface area contributed by atoms with E-state index in [0.717, 1.165) is 27.8 Å². The highest BCUT2D eigenvalue weighted by atomic mass is 16.3. The number of rotatable bonds is 10. The maximum atomic E-state index is 13.8. The van der Waals surface area contributed by atoms with Crippen LogP contribution in [0.2, 0.25) is 0 Å². The lowest BCUT2D eigenvalue weighted by molar-refractivity contribution is -0.137. The lowest BCUT2D eigenvalue weighted by atomic mass is 9.98. The topological polar surface area (TPSA) is 123 Å². The van der Waals surface area contributed by atoms with Crippen LogP contribution in [0.4, 0.5) is 10.5 Å². The van der Waals surface area contributed by atoms with Gasteiger partial charge in [0.1, 0.15) is 6.04 Å². The van der Waals surface area contributed by atoms with Crippen molar-refractivity contribution in [1.29, 1.82) is 0 Å². The molecular formula is C33H41N5O4. The summed E-state index contributed by atoms with van der Waals surface area (Å²) in [5, 5.41) is 21.2. The number of nitrogens with zero attached hydrogens (tertiary/aromatic N) is 1. The zero-order chi connectivity index (χ0) is 30.3. The third kappa shape index (κ3) is 8.18. The normalized spacial score (nSPS) is 15.8. The molecule has 0 spiro atoms. The molecule has 0 unspecified atom stereocenters. The van der Waals surface area contributed by atoms with Crippen molar-refractivity contribution in [3.8, 4) is 11.1 Å². The standard InChI is InChI=1S/C33H41N5O4/c1-22(39)19-35-33(2,3)18-30(40)36-29-17-25-9-5-6-10-26(25)21-38(31(29)41)20-23-13-15-24(16-14-23)27-11-7-8-12-28(27)37-32(42)34-4/h5-16,22,29,35,39H,17-21H2,1-4H3,(H,36,40)(H2,34,37,42)/t22-,29-/m1/s1. The Kier molecular flexibility index (Phi) is 9.98. The number of β-amino-alcohol motifs (C(OH)–C–C–N with tert-alkyl or cyclic N) is 1. The molecule has 0 radical (unpaired) electrons. The molecule has 3 aromatic carbocycles. The van der Waals surface area contributed by atoms with Crippen molar-refractivity contribution in [1.82, 2.24) is 20.9 Å². The van der Waals surface area contributed by atoms with Crippen molar-refractivity contribution >= 4 is 23.5 Å². The monoisotopic (exact) mass is 571 g/mol. The van der Waals surface area contributed by atoms with Gasteiger partial charge in [0.2, 0.25) is 11.8 Å². The number of carbonyl (C=O) groups excluding carboxylic acids is 3. The van der Waals surface area contributed by atoms with Gasteiger partial charge in [-0.3, -0.25) is 9.59 Å². The summed E-state index contributed by atoms with van der Waals surface area (Å²) in [5.74, 6) is -0.345. The molecule has 42 heavy (non-hydrogen) atoms. The first kappa shape index (κ1) is 30.7. The molecule has 2 atom stereocenters. The van der Waals surface area contributed by atoms with Crippen molar-refractivity contribution in [2.24, 2.45) is 0 Å². The number of aliphatic hydroxyl groups excluding tert-OH is 1. The van der Waals surface area contributed by atoms with Crippen LogP contribution in [0, 0.1) is 0 Å². The van der Waals surface area contributed by atoms with Gasteiger partial charge in [-0.2, -0.15) is 0 Å². The average molecular weight is 572 g/mol. The van der Waals surface area contributed by atoms with E-state index in [9.17, 15) is 19.5 Å². The van der Waals surface area contributed by atoms with Crippen molar-refractivity contribution in [3.05, 3.63) is 89.5 Å². The smallest absolute Gasteiger partial charge is 0.318 e. The Hall–Kier alpha value is -4.21. The summed E-state index contributed by atoms with van der Waals surface area (Å²) in [7, 11) is 1.57. The fraction of sp³-hybridized carbons (Fsp3) is 0.364. The number of urea groups is 1. The third-order valence-electron chi connectivity index (χ3n) is 7.37. The second-order valence-electron chi connectivity index (χ2n) is 11.5. The maximum Gasteiger partial charge on any atom is 0.318 e. The number of fused-ring (bicyclic) bond motifs is 1. The largest absolute Gasteiger partial charge is 0.392 e. The molecule has 0 saturated heterocycles. The number of benzene rings is 3. The number of hydrogen-bond donors (Lipinski definition) is 5. The van der Waals surface area contributed by atoms with Crippen LogP contribution in [0.15, 0.2) is 72.8 Å². The van der Waals surface area contributed by atoms with Crippen LogP contribution in [0.5, 0.6) is 0 Å². The van der Waals surface area contributed by atoms with E-state index in [4.69, 9.17) is 0 Å². The molecule has 222 valence electrons. The minimum Gasteiger partial charge on any atom is -0.392 e. The van der Waals surface area contributed by atoms with Gasteiger partial charge >= 0.3 is 6.03 Å². The molecule has 0 saturated carbocycles. The highest BCUT2D eigenvalue weighted by Crippen LogP contribution is 2.29. The zero-order valence-corrected chi connectivity index (χ0v) is 24.7. The predicted octanol–water partition coefficient (Wildman–Crippen LogP) is 3.81. The first-order valence-corrected chi connectivity index (χ1v) is 14.3. The Labute approximate surface area is 247 Å². The SMILES string of the molecule is CNC(=O)Nc1ccccc1-c1ccc(CN2Cc3ccccc3C[C@@H](NC(=O)CC(C)(C)NC[C@@H](C)O)C2=O)cc1. The maximum absolute atomic E-state index is 13.8. The molecule has 3 aromatic rings. The Morgan fingerprint density at radius 2 is 1.67 bits per heavy atom. The molecule has 1 aliphatic rings. The van der Waals surface area contributed by atoms with Crippen LogP contribution in [0.3, 0.4) is 0 Å². The molecular weight excluding hydrogens is 530 g/mol. The van der Waals surface area contributed by atoms with Gasteiger partial charge in [0.15, 0.2) is 0 Å². The first-order valence-electron chi connectivity index (χ1n) is 14.3. The van der Waals surface area contributed by atoms with E-state index in [2.05, 4.69) is 21.3 Å². The molecule has 1 heterocycles. The first-order chi connectivity index (χ1) is 20.0. The van der Waals surface area contributed by atoms with E-state index >= 15 is 0 Å². The minimum absolute atomic E-state index is 0.126. The van der Waals surface area contributed by atoms with Gasteiger partial charge in [-0.25, -0.2) is 4.79 Å². The molecule has 0 bridgehead atoms. The Balaban J connectivity index is 1.51. The van der Waals surface area contributed by atoms with E-state index < -0.39 is 17.7 Å². The highest BCUT2D eigenvalue weighted by Gasteiger charge is 2.32. The van der Waals surface area contributed by atoms with Gasteiger partial charge in [0.25, 0.3) is 0 Å². The Morgan fingerprint density at radius 1 is 1.00 bits per heavy atom. The van der Waals surface area contributed by atoms with Gasteiger partial charge in [0.05, 0.1) is 11.8 Å². The van der Waals surface area contributed by atoms with Crippen LogP contribution in [0.25, 0.3) is 11.1 Å². The lowest BCUT2D eigenvalue weighted by Gasteiger charge is -2.29. The van der Waals surface area contributed by atoms with E-state index in [1.165, 1.54) is 0 Å². The summed E-state index contributed by atoms with van der Waals surface area (Å²) in [6.07, 6.45) is 0.0688. The molecule has 0 aliphatic carbocycles. The van der Waals surface area contributed by atoms with Gasteiger partial charge < -0.3 is 31.3 Å². The van der Waals surface area contributed by atoms with E-state index in [1.54, 1.807) is 18.9 Å². The van der Waals surface area contributed by atoms with Crippen LogP contribution < -0.4 is 21.3 Å². The molecule has 1 aliphatic heterocycles. The van der Waals surface area contributed by atoms with Crippen molar-refractivity contribution < 1.29 is 19.5 Å². The van der Waals surface area contributed by atoms with Gasteiger partial charge in [-0.05, 0) is 49.1 Å². The number of anilines is 1. The summed E-state index contributed by atoms with van der Waals surface area (Å²) < 4.78 is 0. The second-order valence-corrected chi connectivity index (χ2v) is 11.5. The average Bonchev–Trinajstić information content (AvgIpc) is 3.08. The van der Waals surface area contributed by atoms with Gasteiger partial charge in [-0.1, -0.05) is 66.7 Å². The summed E-state index contributed by atoms with van der Waals surface area (Å²) in [4.78, 5) is 40.6. The predicted molar refractivity (Wildman–Crippen MR) is 165 cm³/mol. The minimum atomic E-state index is -0.685. The fourth-order valence-electron chi connectivity index (χ4n) is 5.14. The van der Waals surface area contributed by atoms with Crippen molar-refractivity contribution in [2.45, 2.75) is 64.4 Å². The number of aliphatic hydroxyl groups is 1. The number of carbonyl (C=O) groups is 3. The molecule has 5 N–H and O–H groups in total. The summed E-state index contributed by atoms with van der Waals surface area (Å²) >= 11 is 0. The molecule has 0 fully saturated rings. The van der Waals surface area contributed by atoms with Gasteiger partial charge in [-0.15, -0.1) is 0 Å². The molecule has 4 rings (SSSR count). The highest BCUT2D eigenvalue weighted by molar-refractivity contribution is 5.94. The quantitative estimate of drug-likeness (QED) is 0.253. The number of hydrogen-bond acceptors (Lipinski definition) is 5. The fourth-order valence-corrected chi connectivity index (χ4v) is 5.14. The van der Waals surface area contributed by atoms with E-state index in [0.29, 0.717) is 31.7 Å². The molecule has 0 aromatic heterocycles. The van der Waals surface area contributed by atoms with E-state index in [-0.39, 0.29) is 24.3 Å². The zero-order valence-electron chi connectivity index (χ0n) is 24.7. The van der Waals surface area contributed by atoms with Crippen LogP contribution in [0.1, 0.15) is 43.9 Å². The summed E-state index contributed by atoms with van der Waals surface area (Å²) in [6, 6.07) is 22.5. The Morgan fingerprint density at radius 3 is 2.36 bits per heavy atom. The second kappa shape index (κ2) is 13.6. The van der Waals surface area contributed by atoms with Crippen molar-refractivity contribution in [3.63, 3.8) is 0 Å². The lowest BCUT2D eigenvalue weighted by Crippen LogP contribution is -2.51. The van der Waals surface area contributed by atoms with Crippen LogP contribution >= 0.6 is 0 Å². The number of nitrogens with one attached hydrogen (secondary N) is 4. The molecule has 9 nitrogen and oxygen atoms in total. The van der Waals surface area contributed by atoms with Crippen LogP contribution in [-0.2, 0) is 29.1 Å². The third-order valence-corrected chi connectivity index (χ3v) is 7.37. The molecule has 4 amide bonds. The number of para-hydroxylation sites is 1. The van der Waals surface area contributed by atoms with Gasteiger partial charge in [0, 0.05) is 50.6 Å². The van der Waals surface area contributed by atoms with Crippen LogP contribution in [-0.4, -0.2) is 59.1 Å². The summed E-state index contributed by atoms with van der Waals surface area (Å²) in [5.41, 5.74) is 5.05. The van der Waals surface area contributed by atoms with E-state index in [1.807, 2.05) is 86.6 Å².